The fourth-order valence-corrected chi connectivity index (χ4v) is 5.31. The summed E-state index contributed by atoms with van der Waals surface area (Å²) in [4.78, 5) is 60.2. The van der Waals surface area contributed by atoms with Crippen LogP contribution in [0.2, 0.25) is 0 Å². The monoisotopic (exact) mass is 715 g/mol. The summed E-state index contributed by atoms with van der Waals surface area (Å²) in [7, 11) is 0. The van der Waals surface area contributed by atoms with E-state index in [-0.39, 0.29) is 63.0 Å². The normalized spacial score (nSPS) is 10.9. The van der Waals surface area contributed by atoms with Crippen LogP contribution < -0.4 is 16.4 Å². The van der Waals surface area contributed by atoms with Gasteiger partial charge in [-0.05, 0) is 64.3 Å². The molecular formula is C36H70N6O8. The first-order valence-electron chi connectivity index (χ1n) is 19.3. The standard InChI is InChI=1S/C36H70N6O8/c1-2-3-4-5-6-7-8-9-10-14-21-34(45)40(48)30-19-12-16-27-38-33(44)23-25-36(47)42(50)31-20-13-17-28-39-32(43)22-24-35(46)41(49)29-18-11-15-26-37/h48-50H,2-31,37H2,1H3,(H,38,44)(H,39,43). The maximum Gasteiger partial charge on any atom is 0.246 e. The van der Waals surface area contributed by atoms with Crippen LogP contribution in [-0.4, -0.2) is 99.6 Å². The number of amides is 5. The Bertz CT molecular complexity index is 910. The Morgan fingerprint density at radius 1 is 0.440 bits per heavy atom. The highest BCUT2D eigenvalue weighted by atomic mass is 16.5. The molecule has 0 radical (unpaired) electrons. The largest absolute Gasteiger partial charge is 0.356 e. The molecule has 0 fully saturated rings. The lowest BCUT2D eigenvalue weighted by Gasteiger charge is -2.15. The van der Waals surface area contributed by atoms with E-state index in [1.165, 1.54) is 44.9 Å². The number of unbranched alkanes of at least 4 members (excludes halogenated alkanes) is 15. The molecule has 0 saturated heterocycles. The van der Waals surface area contributed by atoms with E-state index in [1.54, 1.807) is 0 Å². The van der Waals surface area contributed by atoms with Crippen molar-refractivity contribution in [3.05, 3.63) is 0 Å². The second kappa shape index (κ2) is 33.3. The minimum Gasteiger partial charge on any atom is -0.356 e. The van der Waals surface area contributed by atoms with E-state index in [0.717, 1.165) is 43.6 Å². The van der Waals surface area contributed by atoms with E-state index in [0.29, 0.717) is 74.7 Å². The van der Waals surface area contributed by atoms with Gasteiger partial charge in [0.15, 0.2) is 0 Å². The molecule has 0 heterocycles. The molecule has 0 aromatic heterocycles. The van der Waals surface area contributed by atoms with Gasteiger partial charge >= 0.3 is 0 Å². The zero-order valence-electron chi connectivity index (χ0n) is 31.0. The number of hydroxylamine groups is 6. The summed E-state index contributed by atoms with van der Waals surface area (Å²) in [5, 5.41) is 37.2. The van der Waals surface area contributed by atoms with E-state index in [9.17, 15) is 39.6 Å². The highest BCUT2D eigenvalue weighted by molar-refractivity contribution is 5.83. The maximum absolute atomic E-state index is 12.1. The average molecular weight is 715 g/mol. The number of carbonyl (C=O) groups is 5. The van der Waals surface area contributed by atoms with E-state index < -0.39 is 11.8 Å². The predicted molar refractivity (Wildman–Crippen MR) is 192 cm³/mol. The Morgan fingerprint density at radius 2 is 0.780 bits per heavy atom. The molecule has 292 valence electrons. The average Bonchev–Trinajstić information content (AvgIpc) is 3.11. The first kappa shape index (κ1) is 47.2. The number of nitrogens with zero attached hydrogens (tertiary/aromatic N) is 3. The number of carbonyl (C=O) groups excluding carboxylic acids is 5. The second-order valence-electron chi connectivity index (χ2n) is 13.2. The maximum atomic E-state index is 12.1. The molecule has 50 heavy (non-hydrogen) atoms. The predicted octanol–water partition coefficient (Wildman–Crippen LogP) is 5.21. The Balaban J connectivity index is 3.73. The van der Waals surface area contributed by atoms with Gasteiger partial charge in [0.1, 0.15) is 0 Å². The van der Waals surface area contributed by atoms with Crippen LogP contribution in [0, 0.1) is 0 Å². The fourth-order valence-electron chi connectivity index (χ4n) is 5.31. The molecule has 5 amide bonds. The molecule has 0 bridgehead atoms. The molecular weight excluding hydrogens is 644 g/mol. The molecule has 7 N–H and O–H groups in total. The Labute approximate surface area is 300 Å². The van der Waals surface area contributed by atoms with Gasteiger partial charge in [-0.25, -0.2) is 15.2 Å². The summed E-state index contributed by atoms with van der Waals surface area (Å²) in [5.74, 6) is -1.85. The lowest BCUT2D eigenvalue weighted by atomic mass is 10.1. The van der Waals surface area contributed by atoms with Crippen LogP contribution in [0.4, 0.5) is 0 Å². The van der Waals surface area contributed by atoms with Crippen molar-refractivity contribution in [3.63, 3.8) is 0 Å². The highest BCUT2D eigenvalue weighted by Crippen LogP contribution is 2.12. The molecule has 0 rings (SSSR count). The SMILES string of the molecule is CCCCCCCCCCCCC(=O)N(O)CCCCCNC(=O)CCC(=O)N(O)CCCCCNC(=O)CCC(=O)N(O)CCCCCN. The van der Waals surface area contributed by atoms with Crippen molar-refractivity contribution in [1.29, 1.82) is 0 Å². The lowest BCUT2D eigenvalue weighted by molar-refractivity contribution is -0.166. The molecule has 14 heteroatoms. The molecule has 0 saturated carbocycles. The third-order valence-electron chi connectivity index (χ3n) is 8.55. The van der Waals surface area contributed by atoms with Crippen molar-refractivity contribution in [2.75, 3.05) is 39.3 Å². The van der Waals surface area contributed by atoms with Crippen LogP contribution >= 0.6 is 0 Å². The topological polar surface area (TPSA) is 206 Å². The fraction of sp³-hybridized carbons (Fsp3) is 0.861. The molecule has 14 nitrogen and oxygen atoms in total. The van der Waals surface area contributed by atoms with Gasteiger partial charge in [-0.2, -0.15) is 0 Å². The quantitative estimate of drug-likeness (QED) is 0.0293. The molecule has 0 atom stereocenters. The molecule has 0 aromatic rings. The van der Waals surface area contributed by atoms with Crippen LogP contribution in [0.3, 0.4) is 0 Å². The number of hydrogen-bond acceptors (Lipinski definition) is 9. The Morgan fingerprint density at radius 3 is 1.18 bits per heavy atom. The number of nitrogens with one attached hydrogen (secondary N) is 2. The third kappa shape index (κ3) is 29.0. The van der Waals surface area contributed by atoms with Crippen molar-refractivity contribution in [2.45, 2.75) is 161 Å². The van der Waals surface area contributed by atoms with Gasteiger partial charge < -0.3 is 16.4 Å². The highest BCUT2D eigenvalue weighted by Gasteiger charge is 2.15. The molecule has 0 spiro atoms. The van der Waals surface area contributed by atoms with Crippen LogP contribution in [0.5, 0.6) is 0 Å². The minimum absolute atomic E-state index is 0.0185. The van der Waals surface area contributed by atoms with Crippen molar-refractivity contribution < 1.29 is 39.6 Å². The Hall–Kier alpha value is -2.81. The van der Waals surface area contributed by atoms with Gasteiger partial charge in [-0.3, -0.25) is 39.6 Å². The van der Waals surface area contributed by atoms with Crippen molar-refractivity contribution in [2.24, 2.45) is 5.73 Å². The number of hydrogen-bond donors (Lipinski definition) is 6. The summed E-state index contributed by atoms with van der Waals surface area (Å²) in [6.45, 7) is 4.21. The van der Waals surface area contributed by atoms with Crippen molar-refractivity contribution in [3.8, 4) is 0 Å². The first-order valence-corrected chi connectivity index (χ1v) is 19.3. The van der Waals surface area contributed by atoms with E-state index in [1.807, 2.05) is 0 Å². The summed E-state index contributed by atoms with van der Waals surface area (Å²) in [6.07, 6.45) is 18.2. The van der Waals surface area contributed by atoms with E-state index in [4.69, 9.17) is 5.73 Å². The molecule has 0 aliphatic rings. The zero-order valence-corrected chi connectivity index (χ0v) is 31.0. The molecule has 0 aliphatic carbocycles. The number of nitrogens with two attached hydrogens (primary N) is 1. The van der Waals surface area contributed by atoms with Crippen molar-refractivity contribution >= 4 is 29.5 Å². The van der Waals surface area contributed by atoms with Crippen molar-refractivity contribution in [1.82, 2.24) is 25.8 Å². The smallest absolute Gasteiger partial charge is 0.246 e. The van der Waals surface area contributed by atoms with E-state index in [2.05, 4.69) is 17.6 Å². The van der Waals surface area contributed by atoms with Crippen LogP contribution in [-0.2, 0) is 24.0 Å². The van der Waals surface area contributed by atoms with E-state index >= 15 is 0 Å². The van der Waals surface area contributed by atoms with Gasteiger partial charge in [0.25, 0.3) is 0 Å². The summed E-state index contributed by atoms with van der Waals surface area (Å²) < 4.78 is 0. The lowest BCUT2D eigenvalue weighted by Crippen LogP contribution is -2.31. The minimum atomic E-state index is -0.541. The molecule has 0 aliphatic heterocycles. The molecule has 0 aromatic carbocycles. The summed E-state index contributed by atoms with van der Waals surface area (Å²) in [6, 6.07) is 0. The zero-order chi connectivity index (χ0) is 37.2. The summed E-state index contributed by atoms with van der Waals surface area (Å²) >= 11 is 0. The van der Waals surface area contributed by atoms with Gasteiger partial charge in [0, 0.05) is 64.8 Å². The third-order valence-corrected chi connectivity index (χ3v) is 8.55. The molecule has 0 unspecified atom stereocenters. The first-order chi connectivity index (χ1) is 24.1. The summed E-state index contributed by atoms with van der Waals surface area (Å²) in [5.41, 5.74) is 5.41. The van der Waals surface area contributed by atoms with Gasteiger partial charge in [0.05, 0.1) is 0 Å². The van der Waals surface area contributed by atoms with Crippen LogP contribution in [0.25, 0.3) is 0 Å². The Kier molecular flexibility index (Phi) is 31.5. The van der Waals surface area contributed by atoms with Gasteiger partial charge in [-0.1, -0.05) is 71.1 Å². The van der Waals surface area contributed by atoms with Gasteiger partial charge in [0.2, 0.25) is 29.5 Å². The van der Waals surface area contributed by atoms with Gasteiger partial charge in [-0.15, -0.1) is 0 Å². The number of rotatable bonds is 34. The second-order valence-corrected chi connectivity index (χ2v) is 13.2. The van der Waals surface area contributed by atoms with Crippen LogP contribution in [0.15, 0.2) is 0 Å². The van der Waals surface area contributed by atoms with Crippen LogP contribution in [0.1, 0.15) is 161 Å².